The van der Waals surface area contributed by atoms with Gasteiger partial charge in [0.25, 0.3) is 5.91 Å². The molecule has 0 radical (unpaired) electrons. The summed E-state index contributed by atoms with van der Waals surface area (Å²) in [6.45, 7) is 8.25. The summed E-state index contributed by atoms with van der Waals surface area (Å²) in [4.78, 5) is 26.6. The maximum absolute atomic E-state index is 13.3. The lowest BCUT2D eigenvalue weighted by Crippen LogP contribution is -2.37. The molecule has 2 N–H and O–H groups in total. The highest BCUT2D eigenvalue weighted by atomic mass is 16.1. The van der Waals surface area contributed by atoms with Crippen LogP contribution in [0.5, 0.6) is 0 Å². The Labute approximate surface area is 193 Å². The van der Waals surface area contributed by atoms with Gasteiger partial charge < -0.3 is 10.6 Å². The SMILES string of the molecule is Cc1cccc(NC(=O)c2cnn3c2NC2=C(C(=O)CC(C)(C)C2)[C@H]3c2ccccc2C)c1. The second-order valence-electron chi connectivity index (χ2n) is 9.89. The Balaban J connectivity index is 1.61. The first-order valence-corrected chi connectivity index (χ1v) is 11.3. The van der Waals surface area contributed by atoms with Crippen molar-refractivity contribution in [1.29, 1.82) is 0 Å². The zero-order valence-electron chi connectivity index (χ0n) is 19.4. The van der Waals surface area contributed by atoms with Crippen LogP contribution in [0.4, 0.5) is 11.5 Å². The predicted molar refractivity (Wildman–Crippen MR) is 129 cm³/mol. The number of carbonyl (C=O) groups excluding carboxylic acids is 2. The molecule has 0 bridgehead atoms. The van der Waals surface area contributed by atoms with Crippen LogP contribution in [0.1, 0.15) is 59.8 Å². The highest BCUT2D eigenvalue weighted by Crippen LogP contribution is 2.46. The van der Waals surface area contributed by atoms with Crippen molar-refractivity contribution in [3.8, 4) is 0 Å². The van der Waals surface area contributed by atoms with E-state index < -0.39 is 0 Å². The van der Waals surface area contributed by atoms with Gasteiger partial charge in [0.1, 0.15) is 17.4 Å². The number of nitrogens with zero attached hydrogens (tertiary/aromatic N) is 2. The molecule has 2 aromatic carbocycles. The smallest absolute Gasteiger partial charge is 0.261 e. The third kappa shape index (κ3) is 3.75. The number of allylic oxidation sites excluding steroid dienone is 2. The Bertz CT molecular complexity index is 1320. The highest BCUT2D eigenvalue weighted by Gasteiger charge is 2.42. The first-order valence-electron chi connectivity index (χ1n) is 11.3. The number of hydrogen-bond acceptors (Lipinski definition) is 4. The number of aryl methyl sites for hydroxylation is 2. The van der Waals surface area contributed by atoms with Crippen LogP contribution < -0.4 is 10.6 Å². The summed E-state index contributed by atoms with van der Waals surface area (Å²) in [6, 6.07) is 15.4. The van der Waals surface area contributed by atoms with Gasteiger partial charge in [-0.25, -0.2) is 4.68 Å². The number of amides is 1. The van der Waals surface area contributed by atoms with E-state index in [0.717, 1.165) is 40.1 Å². The van der Waals surface area contributed by atoms with Gasteiger partial charge >= 0.3 is 0 Å². The molecular formula is C27H28N4O2. The maximum atomic E-state index is 13.3. The Kier molecular flexibility index (Phi) is 4.96. The molecule has 1 aliphatic heterocycles. The number of rotatable bonds is 3. The molecule has 2 aliphatic rings. The minimum absolute atomic E-state index is 0.133. The molecule has 1 amide bonds. The fraction of sp³-hybridized carbons (Fsp3) is 0.296. The van der Waals surface area contributed by atoms with Crippen molar-refractivity contribution in [2.24, 2.45) is 5.41 Å². The summed E-state index contributed by atoms with van der Waals surface area (Å²) < 4.78 is 1.79. The molecule has 1 aromatic heterocycles. The van der Waals surface area contributed by atoms with E-state index in [4.69, 9.17) is 0 Å². The minimum atomic E-state index is -0.360. The number of benzene rings is 2. The first kappa shape index (κ1) is 21.2. The highest BCUT2D eigenvalue weighted by molar-refractivity contribution is 6.08. The van der Waals surface area contributed by atoms with E-state index in [0.29, 0.717) is 17.8 Å². The number of hydrogen-bond donors (Lipinski definition) is 2. The van der Waals surface area contributed by atoms with E-state index in [1.165, 1.54) is 0 Å². The molecule has 0 spiro atoms. The van der Waals surface area contributed by atoms with E-state index in [-0.39, 0.29) is 23.1 Å². The molecule has 0 saturated carbocycles. The molecule has 6 nitrogen and oxygen atoms in total. The van der Waals surface area contributed by atoms with Crippen molar-refractivity contribution in [1.82, 2.24) is 9.78 Å². The van der Waals surface area contributed by atoms with Crippen molar-refractivity contribution in [2.75, 3.05) is 10.6 Å². The van der Waals surface area contributed by atoms with Gasteiger partial charge in [0.2, 0.25) is 0 Å². The summed E-state index contributed by atoms with van der Waals surface area (Å²) in [5.41, 5.74) is 5.87. The third-order valence-electron chi connectivity index (χ3n) is 6.51. The average molecular weight is 441 g/mol. The van der Waals surface area contributed by atoms with Crippen LogP contribution in [-0.4, -0.2) is 21.5 Å². The summed E-state index contributed by atoms with van der Waals surface area (Å²) in [5.74, 6) is 0.523. The molecule has 5 rings (SSSR count). The topological polar surface area (TPSA) is 76.0 Å². The number of carbonyl (C=O) groups is 2. The van der Waals surface area contributed by atoms with E-state index in [1.54, 1.807) is 10.9 Å². The fourth-order valence-corrected chi connectivity index (χ4v) is 4.98. The molecule has 168 valence electrons. The summed E-state index contributed by atoms with van der Waals surface area (Å²) in [5, 5.41) is 11.0. The fourth-order valence-electron chi connectivity index (χ4n) is 4.98. The van der Waals surface area contributed by atoms with Crippen LogP contribution in [0.25, 0.3) is 0 Å². The lowest BCUT2D eigenvalue weighted by Gasteiger charge is -2.39. The van der Waals surface area contributed by atoms with Gasteiger partial charge in [0, 0.05) is 23.4 Å². The van der Waals surface area contributed by atoms with Gasteiger partial charge in [0.05, 0.1) is 6.20 Å². The van der Waals surface area contributed by atoms with Gasteiger partial charge in [0.15, 0.2) is 5.78 Å². The van der Waals surface area contributed by atoms with Gasteiger partial charge in [-0.1, -0.05) is 50.2 Å². The van der Waals surface area contributed by atoms with Gasteiger partial charge in [-0.15, -0.1) is 0 Å². The molecular weight excluding hydrogens is 412 g/mol. The number of nitrogens with one attached hydrogen (secondary N) is 2. The van der Waals surface area contributed by atoms with Gasteiger partial charge in [-0.05, 0) is 54.5 Å². The van der Waals surface area contributed by atoms with Crippen molar-refractivity contribution >= 4 is 23.2 Å². The van der Waals surface area contributed by atoms with Crippen LogP contribution in [0.2, 0.25) is 0 Å². The summed E-state index contributed by atoms with van der Waals surface area (Å²) in [6.07, 6.45) is 2.82. The quantitative estimate of drug-likeness (QED) is 0.571. The molecule has 6 heteroatoms. The molecule has 33 heavy (non-hydrogen) atoms. The lowest BCUT2D eigenvalue weighted by atomic mass is 9.72. The number of aromatic nitrogens is 2. The average Bonchev–Trinajstić information content (AvgIpc) is 3.15. The zero-order chi connectivity index (χ0) is 23.3. The summed E-state index contributed by atoms with van der Waals surface area (Å²) in [7, 11) is 0. The molecule has 0 fully saturated rings. The number of anilines is 2. The van der Waals surface area contributed by atoms with Crippen LogP contribution in [0.3, 0.4) is 0 Å². The zero-order valence-corrected chi connectivity index (χ0v) is 19.4. The number of fused-ring (bicyclic) bond motifs is 1. The Morgan fingerprint density at radius 1 is 1.12 bits per heavy atom. The molecule has 1 atom stereocenters. The lowest BCUT2D eigenvalue weighted by molar-refractivity contribution is -0.118. The monoisotopic (exact) mass is 440 g/mol. The molecule has 0 unspecified atom stereocenters. The molecule has 1 aliphatic carbocycles. The second kappa shape index (κ2) is 7.73. The van der Waals surface area contributed by atoms with Crippen LogP contribution in [-0.2, 0) is 4.79 Å². The normalized spacial score (nSPS) is 18.9. The van der Waals surface area contributed by atoms with E-state index in [9.17, 15) is 9.59 Å². The molecule has 2 heterocycles. The predicted octanol–water partition coefficient (Wildman–Crippen LogP) is 5.41. The van der Waals surface area contributed by atoms with Gasteiger partial charge in [-0.2, -0.15) is 5.10 Å². The number of Topliss-reactive ketones (excluding diaryl/α,β-unsaturated/α-hetero) is 1. The van der Waals surface area contributed by atoms with Crippen molar-refractivity contribution in [3.63, 3.8) is 0 Å². The summed E-state index contributed by atoms with van der Waals surface area (Å²) >= 11 is 0. The standard InChI is InChI=1S/C27H28N4O2/c1-16-8-7-10-18(12-16)29-26(33)20-15-28-31-24(19-11-6-5-9-17(19)2)23-21(30-25(20)31)13-27(3,4)14-22(23)32/h5-12,15,24,30H,13-14H2,1-4H3,(H,29,33)/t24-/m1/s1. The van der Waals surface area contributed by atoms with Crippen LogP contribution in [0.15, 0.2) is 66.0 Å². The number of ketones is 1. The third-order valence-corrected chi connectivity index (χ3v) is 6.51. The van der Waals surface area contributed by atoms with E-state index in [2.05, 4.69) is 29.6 Å². The van der Waals surface area contributed by atoms with Crippen LogP contribution in [0, 0.1) is 19.3 Å². The Hall–Kier alpha value is -3.67. The van der Waals surface area contributed by atoms with Crippen molar-refractivity contribution < 1.29 is 9.59 Å². The van der Waals surface area contributed by atoms with Crippen molar-refractivity contribution in [2.45, 2.75) is 46.6 Å². The van der Waals surface area contributed by atoms with Crippen molar-refractivity contribution in [3.05, 3.63) is 88.3 Å². The Morgan fingerprint density at radius 2 is 1.91 bits per heavy atom. The van der Waals surface area contributed by atoms with Crippen LogP contribution >= 0.6 is 0 Å². The van der Waals surface area contributed by atoms with Gasteiger partial charge in [-0.3, -0.25) is 9.59 Å². The molecule has 0 saturated heterocycles. The second-order valence-corrected chi connectivity index (χ2v) is 9.89. The molecule has 3 aromatic rings. The first-order chi connectivity index (χ1) is 15.7. The minimum Gasteiger partial charge on any atom is -0.343 e. The maximum Gasteiger partial charge on any atom is 0.261 e. The van der Waals surface area contributed by atoms with E-state index in [1.807, 2.05) is 62.4 Å². The van der Waals surface area contributed by atoms with E-state index >= 15 is 0 Å². The largest absolute Gasteiger partial charge is 0.343 e. The Morgan fingerprint density at radius 3 is 2.67 bits per heavy atom.